The molecule has 2 rings (SSSR count). The number of carbonyl (C=O) groups excluding carboxylic acids is 1. The van der Waals surface area contributed by atoms with Crippen molar-refractivity contribution in [3.05, 3.63) is 29.8 Å². The smallest absolute Gasteiger partial charge is 0.308 e. The van der Waals surface area contributed by atoms with Crippen molar-refractivity contribution in [3.8, 4) is 0 Å². The van der Waals surface area contributed by atoms with E-state index < -0.39 is 27.0 Å². The second-order valence-electron chi connectivity index (χ2n) is 6.70. The van der Waals surface area contributed by atoms with Crippen molar-refractivity contribution in [2.75, 3.05) is 13.1 Å². The molecule has 7 heteroatoms. The number of piperidine rings is 1. The van der Waals surface area contributed by atoms with Crippen molar-refractivity contribution in [2.45, 2.75) is 37.3 Å². The topological polar surface area (TPSA) is 91.8 Å². The molecule has 0 radical (unpaired) electrons. The zero-order valence-electron chi connectivity index (χ0n) is 14.1. The molecule has 0 aromatic heterocycles. The van der Waals surface area contributed by atoms with Crippen LogP contribution in [0.25, 0.3) is 0 Å². The van der Waals surface area contributed by atoms with E-state index in [2.05, 4.69) is 0 Å². The molecule has 6 nitrogen and oxygen atoms in total. The zero-order chi connectivity index (χ0) is 18.1. The zero-order valence-corrected chi connectivity index (χ0v) is 14.9. The lowest BCUT2D eigenvalue weighted by atomic mass is 9.90. The van der Waals surface area contributed by atoms with Gasteiger partial charge in [0.15, 0.2) is 9.84 Å². The van der Waals surface area contributed by atoms with Crippen LogP contribution in [0.5, 0.6) is 0 Å². The lowest BCUT2D eigenvalue weighted by Gasteiger charge is -2.34. The van der Waals surface area contributed by atoms with Gasteiger partial charge in [0.05, 0.1) is 16.1 Å². The first-order chi connectivity index (χ1) is 11.1. The minimum absolute atomic E-state index is 0.115. The van der Waals surface area contributed by atoms with E-state index in [0.717, 1.165) is 0 Å². The SMILES string of the molecule is CC1CC(C(=O)O)CN(C(=O)c2ccc(S(=O)(=O)C(C)C)cc2)C1. The van der Waals surface area contributed by atoms with E-state index in [1.807, 2.05) is 6.92 Å². The summed E-state index contributed by atoms with van der Waals surface area (Å²) in [7, 11) is -3.38. The number of carbonyl (C=O) groups is 2. The van der Waals surface area contributed by atoms with E-state index in [9.17, 15) is 23.1 Å². The van der Waals surface area contributed by atoms with Crippen molar-refractivity contribution in [1.29, 1.82) is 0 Å². The van der Waals surface area contributed by atoms with Gasteiger partial charge in [0.1, 0.15) is 0 Å². The fourth-order valence-electron chi connectivity index (χ4n) is 2.94. The van der Waals surface area contributed by atoms with Gasteiger partial charge >= 0.3 is 5.97 Å². The third kappa shape index (κ3) is 3.77. The first-order valence-corrected chi connectivity index (χ1v) is 9.53. The second-order valence-corrected chi connectivity index (χ2v) is 9.21. The molecule has 1 amide bonds. The van der Waals surface area contributed by atoms with E-state index in [-0.39, 0.29) is 23.3 Å². The Hall–Kier alpha value is -1.89. The summed E-state index contributed by atoms with van der Waals surface area (Å²) in [5, 5.41) is 8.67. The minimum atomic E-state index is -3.38. The van der Waals surface area contributed by atoms with Crippen molar-refractivity contribution >= 4 is 21.7 Å². The van der Waals surface area contributed by atoms with Gasteiger partial charge in [-0.05, 0) is 50.5 Å². The third-order valence-electron chi connectivity index (χ3n) is 4.35. The Balaban J connectivity index is 2.20. The summed E-state index contributed by atoms with van der Waals surface area (Å²) in [6.45, 7) is 5.83. The van der Waals surface area contributed by atoms with Gasteiger partial charge in [-0.1, -0.05) is 6.92 Å². The normalized spacial score (nSPS) is 21.8. The number of likely N-dealkylation sites (tertiary alicyclic amines) is 1. The monoisotopic (exact) mass is 353 g/mol. The molecular weight excluding hydrogens is 330 g/mol. The number of carboxylic acids is 1. The Bertz CT molecular complexity index is 724. The molecule has 1 saturated heterocycles. The lowest BCUT2D eigenvalue weighted by molar-refractivity contribution is -0.143. The fraction of sp³-hybridized carbons (Fsp3) is 0.529. The number of benzene rings is 1. The molecule has 0 spiro atoms. The molecule has 1 aliphatic heterocycles. The summed E-state index contributed by atoms with van der Waals surface area (Å²) in [5.74, 6) is -1.60. The molecular formula is C17H23NO5S. The van der Waals surface area contributed by atoms with Crippen molar-refractivity contribution in [1.82, 2.24) is 4.90 Å². The number of carboxylic acid groups (broad SMARTS) is 1. The summed E-state index contributed by atoms with van der Waals surface area (Å²) in [4.78, 5) is 25.5. The van der Waals surface area contributed by atoms with Crippen molar-refractivity contribution in [3.63, 3.8) is 0 Å². The van der Waals surface area contributed by atoms with Gasteiger partial charge in [0, 0.05) is 18.7 Å². The average Bonchev–Trinajstić information content (AvgIpc) is 2.53. The summed E-state index contributed by atoms with van der Waals surface area (Å²) in [6, 6.07) is 5.86. The number of aliphatic carboxylic acids is 1. The van der Waals surface area contributed by atoms with E-state index in [1.165, 1.54) is 24.3 Å². The van der Waals surface area contributed by atoms with Crippen molar-refractivity contribution in [2.24, 2.45) is 11.8 Å². The van der Waals surface area contributed by atoms with Crippen LogP contribution in [-0.2, 0) is 14.6 Å². The maximum atomic E-state index is 12.6. The molecule has 132 valence electrons. The highest BCUT2D eigenvalue weighted by Crippen LogP contribution is 2.24. The van der Waals surface area contributed by atoms with Crippen LogP contribution in [0.4, 0.5) is 0 Å². The van der Waals surface area contributed by atoms with Crippen LogP contribution in [0.3, 0.4) is 0 Å². The summed E-state index contributed by atoms with van der Waals surface area (Å²) in [6.07, 6.45) is 0.560. The second kappa shape index (κ2) is 6.93. The molecule has 0 bridgehead atoms. The Morgan fingerprint density at radius 1 is 1.17 bits per heavy atom. The molecule has 1 fully saturated rings. The van der Waals surface area contributed by atoms with Gasteiger partial charge in [0.2, 0.25) is 0 Å². The quantitative estimate of drug-likeness (QED) is 0.894. The molecule has 1 heterocycles. The first kappa shape index (κ1) is 18.4. The third-order valence-corrected chi connectivity index (χ3v) is 6.52. The molecule has 1 aliphatic rings. The van der Waals surface area contributed by atoms with Crippen molar-refractivity contribution < 1.29 is 23.1 Å². The van der Waals surface area contributed by atoms with Gasteiger partial charge in [-0.3, -0.25) is 9.59 Å². The van der Waals surface area contributed by atoms with Crippen LogP contribution in [-0.4, -0.2) is 48.6 Å². The van der Waals surface area contributed by atoms with Crippen LogP contribution in [0.1, 0.15) is 37.6 Å². The molecule has 2 atom stereocenters. The largest absolute Gasteiger partial charge is 0.481 e. The lowest BCUT2D eigenvalue weighted by Crippen LogP contribution is -2.45. The molecule has 1 aromatic carbocycles. The van der Waals surface area contributed by atoms with Crippen LogP contribution in [0.15, 0.2) is 29.2 Å². The molecule has 1 N–H and O–H groups in total. The predicted molar refractivity (Wildman–Crippen MR) is 89.6 cm³/mol. The number of sulfone groups is 1. The number of rotatable bonds is 4. The predicted octanol–water partition coefficient (Wildman–Crippen LogP) is 2.05. The van der Waals surface area contributed by atoms with Crippen LogP contribution >= 0.6 is 0 Å². The van der Waals surface area contributed by atoms with E-state index in [1.54, 1.807) is 18.7 Å². The molecule has 0 saturated carbocycles. The highest BCUT2D eigenvalue weighted by atomic mass is 32.2. The van der Waals surface area contributed by atoms with Crippen LogP contribution in [0, 0.1) is 11.8 Å². The molecule has 1 aromatic rings. The average molecular weight is 353 g/mol. The molecule has 24 heavy (non-hydrogen) atoms. The molecule has 2 unspecified atom stereocenters. The number of amides is 1. The van der Waals surface area contributed by atoms with Gasteiger partial charge in [0.25, 0.3) is 5.91 Å². The van der Waals surface area contributed by atoms with E-state index in [0.29, 0.717) is 18.5 Å². The number of nitrogens with zero attached hydrogens (tertiary/aromatic N) is 1. The Morgan fingerprint density at radius 2 is 1.75 bits per heavy atom. The maximum absolute atomic E-state index is 12.6. The Morgan fingerprint density at radius 3 is 2.25 bits per heavy atom. The summed E-state index contributed by atoms with van der Waals surface area (Å²) < 4.78 is 24.2. The van der Waals surface area contributed by atoms with Gasteiger partial charge in [-0.15, -0.1) is 0 Å². The number of hydrogen-bond donors (Lipinski definition) is 1. The Labute approximate surface area is 142 Å². The number of hydrogen-bond acceptors (Lipinski definition) is 4. The maximum Gasteiger partial charge on any atom is 0.308 e. The highest BCUT2D eigenvalue weighted by Gasteiger charge is 2.32. The van der Waals surface area contributed by atoms with Gasteiger partial charge < -0.3 is 10.0 Å². The standard InChI is InChI=1S/C17H23NO5S/c1-11(2)24(22,23)15-6-4-13(5-7-15)16(19)18-9-12(3)8-14(10-18)17(20)21/h4-7,11-12,14H,8-10H2,1-3H3,(H,20,21). The fourth-order valence-corrected chi connectivity index (χ4v) is 4.00. The summed E-state index contributed by atoms with van der Waals surface area (Å²) in [5.41, 5.74) is 0.371. The first-order valence-electron chi connectivity index (χ1n) is 7.99. The van der Waals surface area contributed by atoms with Crippen LogP contribution < -0.4 is 0 Å². The summed E-state index contributed by atoms with van der Waals surface area (Å²) >= 11 is 0. The van der Waals surface area contributed by atoms with Crippen LogP contribution in [0.2, 0.25) is 0 Å². The van der Waals surface area contributed by atoms with E-state index >= 15 is 0 Å². The highest BCUT2D eigenvalue weighted by molar-refractivity contribution is 7.92. The minimum Gasteiger partial charge on any atom is -0.481 e. The van der Waals surface area contributed by atoms with E-state index in [4.69, 9.17) is 0 Å². The van der Waals surface area contributed by atoms with Gasteiger partial charge in [-0.25, -0.2) is 8.42 Å². The van der Waals surface area contributed by atoms with Gasteiger partial charge in [-0.2, -0.15) is 0 Å². The molecule has 0 aliphatic carbocycles. The Kier molecular flexibility index (Phi) is 5.32.